The SMILES string of the molecule is CC(C)(C)OC(=O)N1CCC(c2cccc3[nH]cnc23)C1. The van der Waals surface area contributed by atoms with Crippen molar-refractivity contribution < 1.29 is 9.53 Å². The molecule has 3 rings (SSSR count). The molecule has 0 radical (unpaired) electrons. The molecule has 5 nitrogen and oxygen atoms in total. The van der Waals surface area contributed by atoms with Gasteiger partial charge in [0.05, 0.1) is 17.4 Å². The maximum Gasteiger partial charge on any atom is 0.410 e. The van der Waals surface area contributed by atoms with Crippen LogP contribution in [0.2, 0.25) is 0 Å². The van der Waals surface area contributed by atoms with Crippen molar-refractivity contribution in [1.29, 1.82) is 0 Å². The number of fused-ring (bicyclic) bond motifs is 1. The van der Waals surface area contributed by atoms with E-state index in [-0.39, 0.29) is 6.09 Å². The van der Waals surface area contributed by atoms with E-state index < -0.39 is 5.60 Å². The number of ether oxygens (including phenoxy) is 1. The van der Waals surface area contributed by atoms with Crippen molar-refractivity contribution in [3.63, 3.8) is 0 Å². The number of hydrogen-bond donors (Lipinski definition) is 1. The van der Waals surface area contributed by atoms with E-state index in [4.69, 9.17) is 4.74 Å². The number of aromatic amines is 1. The number of carbonyl (C=O) groups excluding carboxylic acids is 1. The largest absolute Gasteiger partial charge is 0.444 e. The van der Waals surface area contributed by atoms with Crippen LogP contribution in [-0.2, 0) is 4.74 Å². The zero-order valence-corrected chi connectivity index (χ0v) is 12.7. The van der Waals surface area contributed by atoms with Gasteiger partial charge in [-0.15, -0.1) is 0 Å². The zero-order chi connectivity index (χ0) is 15.0. The van der Waals surface area contributed by atoms with E-state index in [0.717, 1.165) is 24.0 Å². The minimum absolute atomic E-state index is 0.223. The molecule has 1 aliphatic heterocycles. The molecule has 1 N–H and O–H groups in total. The second kappa shape index (κ2) is 5.06. The van der Waals surface area contributed by atoms with Gasteiger partial charge in [-0.25, -0.2) is 9.78 Å². The molecule has 21 heavy (non-hydrogen) atoms. The number of para-hydroxylation sites is 1. The Morgan fingerprint density at radius 1 is 1.43 bits per heavy atom. The number of benzene rings is 1. The smallest absolute Gasteiger partial charge is 0.410 e. The third kappa shape index (κ3) is 2.86. The number of H-pyrrole nitrogens is 1. The van der Waals surface area contributed by atoms with Crippen LogP contribution in [0.4, 0.5) is 4.79 Å². The predicted octanol–water partition coefficient (Wildman–Crippen LogP) is 3.29. The summed E-state index contributed by atoms with van der Waals surface area (Å²) in [6, 6.07) is 6.16. The molecule has 1 aromatic carbocycles. The maximum absolute atomic E-state index is 12.1. The molecule has 2 aromatic rings. The van der Waals surface area contributed by atoms with Crippen LogP contribution in [0.3, 0.4) is 0 Å². The summed E-state index contributed by atoms with van der Waals surface area (Å²) >= 11 is 0. The van der Waals surface area contributed by atoms with Crippen molar-refractivity contribution in [2.45, 2.75) is 38.7 Å². The summed E-state index contributed by atoms with van der Waals surface area (Å²) in [7, 11) is 0. The predicted molar refractivity (Wildman–Crippen MR) is 81.3 cm³/mol. The summed E-state index contributed by atoms with van der Waals surface area (Å²) in [5.74, 6) is 0.324. The average molecular weight is 287 g/mol. The third-order valence-electron chi connectivity index (χ3n) is 3.76. The van der Waals surface area contributed by atoms with E-state index in [0.29, 0.717) is 12.5 Å². The van der Waals surface area contributed by atoms with Gasteiger partial charge in [0.2, 0.25) is 0 Å². The summed E-state index contributed by atoms with van der Waals surface area (Å²) in [6.07, 6.45) is 2.44. The van der Waals surface area contributed by atoms with Crippen LogP contribution >= 0.6 is 0 Å². The van der Waals surface area contributed by atoms with Crippen LogP contribution < -0.4 is 0 Å². The second-order valence-corrected chi connectivity index (χ2v) is 6.56. The molecule has 0 spiro atoms. The molecular weight excluding hydrogens is 266 g/mol. The van der Waals surface area contributed by atoms with E-state index >= 15 is 0 Å². The summed E-state index contributed by atoms with van der Waals surface area (Å²) < 4.78 is 5.44. The van der Waals surface area contributed by atoms with Gasteiger partial charge in [0.1, 0.15) is 5.60 Å². The Bertz CT molecular complexity index is 657. The molecule has 1 fully saturated rings. The highest BCUT2D eigenvalue weighted by molar-refractivity contribution is 5.79. The number of likely N-dealkylation sites (tertiary alicyclic amines) is 1. The summed E-state index contributed by atoms with van der Waals surface area (Å²) in [5, 5.41) is 0. The molecule has 0 aliphatic carbocycles. The molecule has 1 unspecified atom stereocenters. The average Bonchev–Trinajstić information content (AvgIpc) is 3.05. The van der Waals surface area contributed by atoms with Gasteiger partial charge in [-0.05, 0) is 38.8 Å². The lowest BCUT2D eigenvalue weighted by Crippen LogP contribution is -2.35. The Morgan fingerprint density at radius 3 is 3.00 bits per heavy atom. The first-order valence-corrected chi connectivity index (χ1v) is 7.34. The van der Waals surface area contributed by atoms with E-state index in [1.54, 1.807) is 11.2 Å². The molecule has 0 bridgehead atoms. The van der Waals surface area contributed by atoms with Gasteiger partial charge in [0.25, 0.3) is 0 Å². The maximum atomic E-state index is 12.1. The quantitative estimate of drug-likeness (QED) is 0.875. The van der Waals surface area contributed by atoms with Crippen LogP contribution in [0, 0.1) is 0 Å². The Labute approximate surface area is 124 Å². The fourth-order valence-electron chi connectivity index (χ4n) is 2.82. The summed E-state index contributed by atoms with van der Waals surface area (Å²) in [6.45, 7) is 7.11. The first-order valence-electron chi connectivity index (χ1n) is 7.34. The number of nitrogens with one attached hydrogen (secondary N) is 1. The highest BCUT2D eigenvalue weighted by Gasteiger charge is 2.31. The first-order chi connectivity index (χ1) is 9.94. The fraction of sp³-hybridized carbons (Fsp3) is 0.500. The molecule has 0 saturated carbocycles. The Kier molecular flexibility index (Phi) is 3.35. The van der Waals surface area contributed by atoms with Gasteiger partial charge >= 0.3 is 6.09 Å². The Balaban J connectivity index is 1.75. The van der Waals surface area contributed by atoms with Crippen molar-refractivity contribution in [3.05, 3.63) is 30.1 Å². The van der Waals surface area contributed by atoms with E-state index in [1.165, 1.54) is 5.56 Å². The molecule has 1 aromatic heterocycles. The number of imidazole rings is 1. The molecule has 1 saturated heterocycles. The Hall–Kier alpha value is -2.04. The summed E-state index contributed by atoms with van der Waals surface area (Å²) in [4.78, 5) is 21.5. The lowest BCUT2D eigenvalue weighted by Gasteiger charge is -2.24. The van der Waals surface area contributed by atoms with E-state index in [9.17, 15) is 4.79 Å². The van der Waals surface area contributed by atoms with E-state index in [2.05, 4.69) is 16.0 Å². The molecule has 5 heteroatoms. The fourth-order valence-corrected chi connectivity index (χ4v) is 2.82. The number of hydrogen-bond acceptors (Lipinski definition) is 3. The van der Waals surface area contributed by atoms with Crippen molar-refractivity contribution in [2.24, 2.45) is 0 Å². The van der Waals surface area contributed by atoms with Gasteiger partial charge < -0.3 is 14.6 Å². The van der Waals surface area contributed by atoms with Crippen LogP contribution in [0.25, 0.3) is 11.0 Å². The standard InChI is InChI=1S/C16H21N3O2/c1-16(2,3)21-15(20)19-8-7-11(9-19)12-5-4-6-13-14(12)18-10-17-13/h4-6,10-11H,7-9H2,1-3H3,(H,17,18). The number of carbonyl (C=O) groups is 1. The molecule has 1 aliphatic rings. The van der Waals surface area contributed by atoms with Crippen LogP contribution in [-0.4, -0.2) is 39.7 Å². The molecule has 112 valence electrons. The lowest BCUT2D eigenvalue weighted by molar-refractivity contribution is 0.0292. The van der Waals surface area contributed by atoms with Crippen LogP contribution in [0.1, 0.15) is 38.7 Å². The van der Waals surface area contributed by atoms with Crippen molar-refractivity contribution in [3.8, 4) is 0 Å². The van der Waals surface area contributed by atoms with Crippen LogP contribution in [0.15, 0.2) is 24.5 Å². The van der Waals surface area contributed by atoms with Crippen molar-refractivity contribution in [2.75, 3.05) is 13.1 Å². The first kappa shape index (κ1) is 13.9. The van der Waals surface area contributed by atoms with Gasteiger partial charge in [-0.2, -0.15) is 0 Å². The van der Waals surface area contributed by atoms with Gasteiger partial charge in [0, 0.05) is 19.0 Å². The summed E-state index contributed by atoms with van der Waals surface area (Å²) in [5.41, 5.74) is 2.81. The molecular formula is C16H21N3O2. The van der Waals surface area contributed by atoms with Gasteiger partial charge in [-0.1, -0.05) is 12.1 Å². The molecule has 2 heterocycles. The second-order valence-electron chi connectivity index (χ2n) is 6.56. The van der Waals surface area contributed by atoms with Crippen molar-refractivity contribution >= 4 is 17.1 Å². The normalized spacial score (nSPS) is 19.2. The number of aromatic nitrogens is 2. The number of amides is 1. The highest BCUT2D eigenvalue weighted by Crippen LogP contribution is 2.31. The lowest BCUT2D eigenvalue weighted by atomic mass is 9.97. The highest BCUT2D eigenvalue weighted by atomic mass is 16.6. The van der Waals surface area contributed by atoms with E-state index in [1.807, 2.05) is 32.9 Å². The van der Waals surface area contributed by atoms with Crippen molar-refractivity contribution in [1.82, 2.24) is 14.9 Å². The number of rotatable bonds is 1. The topological polar surface area (TPSA) is 58.2 Å². The minimum Gasteiger partial charge on any atom is -0.444 e. The van der Waals surface area contributed by atoms with Crippen LogP contribution in [0.5, 0.6) is 0 Å². The zero-order valence-electron chi connectivity index (χ0n) is 12.7. The minimum atomic E-state index is -0.447. The van der Waals surface area contributed by atoms with Gasteiger partial charge in [0.15, 0.2) is 0 Å². The molecule has 1 amide bonds. The monoisotopic (exact) mass is 287 g/mol. The third-order valence-corrected chi connectivity index (χ3v) is 3.76. The Morgan fingerprint density at radius 2 is 2.24 bits per heavy atom. The number of nitrogens with zero attached hydrogens (tertiary/aromatic N) is 2. The van der Waals surface area contributed by atoms with Gasteiger partial charge in [-0.3, -0.25) is 0 Å². The molecule has 1 atom stereocenters.